The summed E-state index contributed by atoms with van der Waals surface area (Å²) in [6.07, 6.45) is -2.82. The van der Waals surface area contributed by atoms with Gasteiger partial charge in [0, 0.05) is 17.5 Å². The number of carbonyl (C=O) groups excluding carboxylic acids is 1. The SMILES string of the molecule is Cc1ccc(C(F)(F)F)cc1C(=O)Nc1cccc2nn3c(C4CCNCC4)cc(=O)[nH]c3c12. The lowest BCUT2D eigenvalue weighted by Crippen LogP contribution is -2.28. The van der Waals surface area contributed by atoms with Crippen molar-refractivity contribution in [2.45, 2.75) is 31.9 Å². The van der Waals surface area contributed by atoms with Crippen molar-refractivity contribution in [3.05, 3.63) is 75.2 Å². The van der Waals surface area contributed by atoms with Gasteiger partial charge in [-0.25, -0.2) is 4.52 Å². The third-order valence-corrected chi connectivity index (χ3v) is 6.28. The maximum Gasteiger partial charge on any atom is 0.416 e. The molecule has 4 aromatic rings. The largest absolute Gasteiger partial charge is 0.416 e. The van der Waals surface area contributed by atoms with Crippen LogP contribution in [0.15, 0.2) is 47.3 Å². The molecule has 0 atom stereocenters. The van der Waals surface area contributed by atoms with Crippen LogP contribution in [0.3, 0.4) is 0 Å². The zero-order valence-electron chi connectivity index (χ0n) is 18.3. The molecule has 7 nitrogen and oxygen atoms in total. The van der Waals surface area contributed by atoms with E-state index in [-0.39, 0.29) is 17.0 Å². The molecule has 1 aliphatic heterocycles. The van der Waals surface area contributed by atoms with Gasteiger partial charge in [-0.2, -0.15) is 18.3 Å². The molecule has 0 aliphatic carbocycles. The Morgan fingerprint density at radius 2 is 1.91 bits per heavy atom. The molecule has 34 heavy (non-hydrogen) atoms. The summed E-state index contributed by atoms with van der Waals surface area (Å²) in [4.78, 5) is 28.3. The summed E-state index contributed by atoms with van der Waals surface area (Å²) in [6, 6.07) is 9.72. The van der Waals surface area contributed by atoms with Crippen molar-refractivity contribution in [2.75, 3.05) is 18.4 Å². The second-order valence-corrected chi connectivity index (χ2v) is 8.52. The molecule has 0 saturated carbocycles. The van der Waals surface area contributed by atoms with Gasteiger partial charge < -0.3 is 15.6 Å². The molecule has 5 rings (SSSR count). The van der Waals surface area contributed by atoms with E-state index in [0.29, 0.717) is 27.8 Å². The average molecular weight is 469 g/mol. The van der Waals surface area contributed by atoms with Crippen molar-refractivity contribution in [1.82, 2.24) is 19.9 Å². The molecule has 2 aromatic heterocycles. The molecule has 1 amide bonds. The molecule has 0 radical (unpaired) electrons. The summed E-state index contributed by atoms with van der Waals surface area (Å²) >= 11 is 0. The molecule has 1 aliphatic rings. The average Bonchev–Trinajstić information content (AvgIpc) is 3.18. The minimum atomic E-state index is -4.56. The number of aromatic amines is 1. The number of hydrogen-bond donors (Lipinski definition) is 3. The summed E-state index contributed by atoms with van der Waals surface area (Å²) in [5, 5.41) is 11.2. The predicted molar refractivity (Wildman–Crippen MR) is 122 cm³/mol. The standard InChI is InChI=1S/C24H22F3N5O2/c1-13-5-6-15(24(25,26)27)11-16(13)23(34)29-17-3-2-4-18-21(17)22-30-20(33)12-19(32(22)31-18)14-7-9-28-10-8-14/h2-6,11-12,14,28H,7-10H2,1H3,(H,29,34)(H,30,33). The zero-order chi connectivity index (χ0) is 24.0. The van der Waals surface area contributed by atoms with E-state index >= 15 is 0 Å². The third-order valence-electron chi connectivity index (χ3n) is 6.28. The van der Waals surface area contributed by atoms with E-state index in [1.54, 1.807) is 35.7 Å². The second-order valence-electron chi connectivity index (χ2n) is 8.52. The normalized spacial score (nSPS) is 15.2. The highest BCUT2D eigenvalue weighted by molar-refractivity contribution is 6.12. The van der Waals surface area contributed by atoms with Gasteiger partial charge in [0.25, 0.3) is 11.5 Å². The summed E-state index contributed by atoms with van der Waals surface area (Å²) in [6.45, 7) is 3.27. The number of aromatic nitrogens is 3. The van der Waals surface area contributed by atoms with Gasteiger partial charge in [-0.1, -0.05) is 12.1 Å². The first-order valence-corrected chi connectivity index (χ1v) is 11.0. The number of carbonyl (C=O) groups is 1. The molecule has 0 spiro atoms. The Hall–Kier alpha value is -3.66. The van der Waals surface area contributed by atoms with Crippen LogP contribution in [0.4, 0.5) is 18.9 Å². The summed E-state index contributed by atoms with van der Waals surface area (Å²) in [5.41, 5.74) is 1.30. The molecule has 0 unspecified atom stereocenters. The lowest BCUT2D eigenvalue weighted by Gasteiger charge is -2.23. The second kappa shape index (κ2) is 8.28. The number of benzene rings is 2. The Balaban J connectivity index is 1.60. The molecule has 0 bridgehead atoms. The number of aryl methyl sites for hydroxylation is 1. The Morgan fingerprint density at radius 3 is 2.65 bits per heavy atom. The predicted octanol–water partition coefficient (Wildman–Crippen LogP) is 4.22. The van der Waals surface area contributed by atoms with Crippen molar-refractivity contribution < 1.29 is 18.0 Å². The Bertz CT molecular complexity index is 1470. The first-order valence-electron chi connectivity index (χ1n) is 11.0. The highest BCUT2D eigenvalue weighted by atomic mass is 19.4. The molecular weight excluding hydrogens is 447 g/mol. The Kier molecular flexibility index (Phi) is 5.40. The number of anilines is 1. The maximum absolute atomic E-state index is 13.2. The molecule has 1 fully saturated rings. The van der Waals surface area contributed by atoms with E-state index < -0.39 is 17.6 Å². The number of rotatable bonds is 3. The van der Waals surface area contributed by atoms with E-state index in [2.05, 4.69) is 20.7 Å². The van der Waals surface area contributed by atoms with Gasteiger partial charge in [-0.05, 0) is 62.7 Å². The quantitative estimate of drug-likeness (QED) is 0.419. The van der Waals surface area contributed by atoms with Crippen molar-refractivity contribution in [2.24, 2.45) is 0 Å². The van der Waals surface area contributed by atoms with Crippen LogP contribution < -0.4 is 16.2 Å². The van der Waals surface area contributed by atoms with E-state index in [1.807, 2.05) is 0 Å². The fourth-order valence-corrected chi connectivity index (χ4v) is 4.53. The number of nitrogens with one attached hydrogen (secondary N) is 3. The smallest absolute Gasteiger partial charge is 0.321 e. The van der Waals surface area contributed by atoms with Gasteiger partial charge in [-0.15, -0.1) is 0 Å². The van der Waals surface area contributed by atoms with Crippen molar-refractivity contribution >= 4 is 28.1 Å². The summed E-state index contributed by atoms with van der Waals surface area (Å²) in [7, 11) is 0. The molecule has 2 aromatic carbocycles. The topological polar surface area (TPSA) is 91.3 Å². The van der Waals surface area contributed by atoms with Crippen LogP contribution in [0.1, 0.15) is 45.9 Å². The summed E-state index contributed by atoms with van der Waals surface area (Å²) < 4.78 is 41.2. The van der Waals surface area contributed by atoms with Gasteiger partial charge in [0.1, 0.15) is 5.65 Å². The third kappa shape index (κ3) is 3.94. The van der Waals surface area contributed by atoms with Crippen LogP contribution in [-0.4, -0.2) is 33.6 Å². The lowest BCUT2D eigenvalue weighted by molar-refractivity contribution is -0.137. The number of piperidine rings is 1. The number of hydrogen-bond acceptors (Lipinski definition) is 4. The first-order chi connectivity index (χ1) is 16.2. The highest BCUT2D eigenvalue weighted by Crippen LogP contribution is 2.33. The number of fused-ring (bicyclic) bond motifs is 3. The van der Waals surface area contributed by atoms with E-state index in [0.717, 1.165) is 43.8 Å². The molecule has 3 N–H and O–H groups in total. The minimum Gasteiger partial charge on any atom is -0.321 e. The highest BCUT2D eigenvalue weighted by Gasteiger charge is 2.31. The minimum absolute atomic E-state index is 0.0767. The van der Waals surface area contributed by atoms with Gasteiger partial charge >= 0.3 is 6.18 Å². The fraction of sp³-hybridized carbons (Fsp3) is 0.292. The van der Waals surface area contributed by atoms with Gasteiger partial charge in [0.15, 0.2) is 0 Å². The van der Waals surface area contributed by atoms with Crippen LogP contribution in [-0.2, 0) is 6.18 Å². The molecular formula is C24H22F3N5O2. The van der Waals surface area contributed by atoms with Crippen LogP contribution in [0.25, 0.3) is 16.6 Å². The van der Waals surface area contributed by atoms with Crippen LogP contribution >= 0.6 is 0 Å². The number of H-pyrrole nitrogens is 1. The maximum atomic E-state index is 13.2. The number of nitrogens with zero attached hydrogens (tertiary/aromatic N) is 2. The number of amides is 1. The van der Waals surface area contributed by atoms with Gasteiger partial charge in [-0.3, -0.25) is 9.59 Å². The van der Waals surface area contributed by atoms with Gasteiger partial charge in [0.2, 0.25) is 0 Å². The van der Waals surface area contributed by atoms with E-state index in [1.165, 1.54) is 6.07 Å². The van der Waals surface area contributed by atoms with Crippen molar-refractivity contribution in [3.8, 4) is 0 Å². The number of halogens is 3. The molecule has 3 heterocycles. The first kappa shape index (κ1) is 22.1. The summed E-state index contributed by atoms with van der Waals surface area (Å²) in [5.74, 6) is -0.515. The van der Waals surface area contributed by atoms with Crippen LogP contribution in [0.5, 0.6) is 0 Å². The van der Waals surface area contributed by atoms with Crippen LogP contribution in [0.2, 0.25) is 0 Å². The number of alkyl halides is 3. The Labute approximate surface area is 192 Å². The van der Waals surface area contributed by atoms with E-state index in [4.69, 9.17) is 0 Å². The Morgan fingerprint density at radius 1 is 1.15 bits per heavy atom. The zero-order valence-corrected chi connectivity index (χ0v) is 18.3. The van der Waals surface area contributed by atoms with Crippen molar-refractivity contribution in [3.63, 3.8) is 0 Å². The van der Waals surface area contributed by atoms with E-state index in [9.17, 15) is 22.8 Å². The molecule has 1 saturated heterocycles. The van der Waals surface area contributed by atoms with Gasteiger partial charge in [0.05, 0.1) is 27.8 Å². The monoisotopic (exact) mass is 469 g/mol. The molecule has 176 valence electrons. The van der Waals surface area contributed by atoms with Crippen molar-refractivity contribution in [1.29, 1.82) is 0 Å². The lowest BCUT2D eigenvalue weighted by atomic mass is 9.94. The van der Waals surface area contributed by atoms with Crippen LogP contribution in [0, 0.1) is 6.92 Å². The fourth-order valence-electron chi connectivity index (χ4n) is 4.53. The molecule has 10 heteroatoms.